The van der Waals surface area contributed by atoms with Crippen LogP contribution in [-0.2, 0) is 6.18 Å². The highest BCUT2D eigenvalue weighted by atomic mass is 79.9. The third kappa shape index (κ3) is 2.90. The van der Waals surface area contributed by atoms with Gasteiger partial charge in [-0.1, -0.05) is 15.9 Å². The van der Waals surface area contributed by atoms with Gasteiger partial charge in [0.1, 0.15) is 5.75 Å². The standard InChI is InChI=1S/C11H8BrF3O3/c1-18-7-2-6(5-16)10(9(17)4-12)8(3-7)11(13,14)15/h2-3,5H,4H2,1H3. The van der Waals surface area contributed by atoms with Crippen LogP contribution in [-0.4, -0.2) is 24.5 Å². The number of carbonyl (C=O) groups excluding carboxylic acids is 2. The molecule has 0 aliphatic rings. The Kier molecular flexibility index (Phi) is 4.50. The highest BCUT2D eigenvalue weighted by Crippen LogP contribution is 2.36. The number of methoxy groups -OCH3 is 1. The van der Waals surface area contributed by atoms with Crippen LogP contribution < -0.4 is 4.74 Å². The average Bonchev–Trinajstić information content (AvgIpc) is 2.34. The highest BCUT2D eigenvalue weighted by Gasteiger charge is 2.37. The first-order valence-electron chi connectivity index (χ1n) is 4.68. The van der Waals surface area contributed by atoms with Crippen molar-refractivity contribution in [3.63, 3.8) is 0 Å². The fourth-order valence-corrected chi connectivity index (χ4v) is 1.73. The second-order valence-electron chi connectivity index (χ2n) is 3.31. The molecule has 98 valence electrons. The normalized spacial score (nSPS) is 11.2. The number of rotatable bonds is 4. The molecule has 0 spiro atoms. The zero-order valence-electron chi connectivity index (χ0n) is 9.18. The Morgan fingerprint density at radius 1 is 1.44 bits per heavy atom. The van der Waals surface area contributed by atoms with Crippen molar-refractivity contribution in [2.45, 2.75) is 6.18 Å². The molecule has 0 amide bonds. The van der Waals surface area contributed by atoms with Gasteiger partial charge in [-0.05, 0) is 12.1 Å². The molecule has 7 heteroatoms. The van der Waals surface area contributed by atoms with Crippen molar-refractivity contribution < 1.29 is 27.5 Å². The molecule has 0 fully saturated rings. The van der Waals surface area contributed by atoms with Gasteiger partial charge in [0, 0.05) is 11.1 Å². The molecular formula is C11H8BrF3O3. The highest BCUT2D eigenvalue weighted by molar-refractivity contribution is 9.09. The monoisotopic (exact) mass is 324 g/mol. The van der Waals surface area contributed by atoms with Gasteiger partial charge in [-0.15, -0.1) is 0 Å². The quantitative estimate of drug-likeness (QED) is 0.485. The molecule has 0 saturated heterocycles. The molecule has 0 radical (unpaired) electrons. The summed E-state index contributed by atoms with van der Waals surface area (Å²) in [6, 6.07) is 1.79. The summed E-state index contributed by atoms with van der Waals surface area (Å²) in [6.07, 6.45) is -4.53. The Hall–Kier alpha value is -1.37. The summed E-state index contributed by atoms with van der Waals surface area (Å²) < 4.78 is 43.2. The molecule has 0 aliphatic carbocycles. The molecule has 1 aromatic rings. The van der Waals surface area contributed by atoms with Gasteiger partial charge < -0.3 is 4.74 Å². The smallest absolute Gasteiger partial charge is 0.417 e. The van der Waals surface area contributed by atoms with Crippen molar-refractivity contribution in [3.8, 4) is 5.75 Å². The van der Waals surface area contributed by atoms with Gasteiger partial charge >= 0.3 is 6.18 Å². The van der Waals surface area contributed by atoms with E-state index in [0.717, 1.165) is 6.07 Å². The Labute approximate surface area is 109 Å². The minimum atomic E-state index is -4.74. The van der Waals surface area contributed by atoms with E-state index in [9.17, 15) is 22.8 Å². The number of aldehydes is 1. The lowest BCUT2D eigenvalue weighted by Crippen LogP contribution is -2.16. The summed E-state index contributed by atoms with van der Waals surface area (Å²) in [5.41, 5.74) is -2.16. The Balaban J connectivity index is 3.63. The minimum Gasteiger partial charge on any atom is -0.497 e. The first kappa shape index (κ1) is 14.7. The maximum Gasteiger partial charge on any atom is 0.417 e. The summed E-state index contributed by atoms with van der Waals surface area (Å²) in [7, 11) is 1.18. The predicted octanol–water partition coefficient (Wildman–Crippen LogP) is 3.10. The van der Waals surface area contributed by atoms with Crippen LogP contribution >= 0.6 is 15.9 Å². The van der Waals surface area contributed by atoms with Crippen molar-refractivity contribution in [2.75, 3.05) is 12.4 Å². The van der Waals surface area contributed by atoms with E-state index in [-0.39, 0.29) is 22.9 Å². The molecular weight excluding hydrogens is 317 g/mol. The Morgan fingerprint density at radius 3 is 2.44 bits per heavy atom. The third-order valence-corrected chi connectivity index (χ3v) is 2.72. The van der Waals surface area contributed by atoms with Crippen LogP contribution in [0.4, 0.5) is 13.2 Å². The molecule has 0 aliphatic heterocycles. The predicted molar refractivity (Wildman–Crippen MR) is 61.5 cm³/mol. The number of alkyl halides is 4. The third-order valence-electron chi connectivity index (χ3n) is 2.21. The van der Waals surface area contributed by atoms with E-state index in [1.54, 1.807) is 0 Å². The fourth-order valence-electron chi connectivity index (χ4n) is 1.45. The van der Waals surface area contributed by atoms with Gasteiger partial charge in [0.15, 0.2) is 12.1 Å². The van der Waals surface area contributed by atoms with Crippen LogP contribution in [0.1, 0.15) is 26.3 Å². The Morgan fingerprint density at radius 2 is 2.06 bits per heavy atom. The van der Waals surface area contributed by atoms with E-state index in [1.807, 2.05) is 0 Å². The molecule has 0 unspecified atom stereocenters. The summed E-state index contributed by atoms with van der Waals surface area (Å²) in [6.45, 7) is 0. The van der Waals surface area contributed by atoms with E-state index < -0.39 is 23.1 Å². The number of ether oxygens (including phenoxy) is 1. The van der Waals surface area contributed by atoms with Gasteiger partial charge in [-0.25, -0.2) is 0 Å². The molecule has 0 aromatic heterocycles. The molecule has 18 heavy (non-hydrogen) atoms. The fraction of sp³-hybridized carbons (Fsp3) is 0.273. The van der Waals surface area contributed by atoms with Crippen molar-refractivity contribution in [1.29, 1.82) is 0 Å². The van der Waals surface area contributed by atoms with Gasteiger partial charge in [0.2, 0.25) is 0 Å². The first-order valence-corrected chi connectivity index (χ1v) is 5.80. The number of hydrogen-bond donors (Lipinski definition) is 0. The molecule has 0 atom stereocenters. The lowest BCUT2D eigenvalue weighted by atomic mass is 9.97. The zero-order valence-corrected chi connectivity index (χ0v) is 10.8. The Bertz CT molecular complexity index is 483. The number of halogens is 4. The van der Waals surface area contributed by atoms with Crippen molar-refractivity contribution in [1.82, 2.24) is 0 Å². The summed E-state index contributed by atoms with van der Waals surface area (Å²) >= 11 is 2.79. The second-order valence-corrected chi connectivity index (χ2v) is 3.87. The van der Waals surface area contributed by atoms with E-state index >= 15 is 0 Å². The van der Waals surface area contributed by atoms with Crippen LogP contribution in [0.2, 0.25) is 0 Å². The number of carbonyl (C=O) groups is 2. The van der Waals surface area contributed by atoms with Crippen LogP contribution in [0, 0.1) is 0 Å². The lowest BCUT2D eigenvalue weighted by Gasteiger charge is -2.15. The molecule has 0 heterocycles. The molecule has 1 aromatic carbocycles. The number of Topliss-reactive ketones (excluding diaryl/α,β-unsaturated/α-hetero) is 1. The maximum absolute atomic E-state index is 12.8. The van der Waals surface area contributed by atoms with E-state index in [1.165, 1.54) is 7.11 Å². The van der Waals surface area contributed by atoms with E-state index in [4.69, 9.17) is 0 Å². The topological polar surface area (TPSA) is 43.4 Å². The minimum absolute atomic E-state index is 0.129. The van der Waals surface area contributed by atoms with E-state index in [2.05, 4.69) is 20.7 Å². The van der Waals surface area contributed by atoms with Crippen LogP contribution in [0.5, 0.6) is 5.75 Å². The largest absolute Gasteiger partial charge is 0.497 e. The van der Waals surface area contributed by atoms with Crippen molar-refractivity contribution in [2.24, 2.45) is 0 Å². The van der Waals surface area contributed by atoms with Gasteiger partial charge in [0.05, 0.1) is 18.0 Å². The maximum atomic E-state index is 12.8. The summed E-state index contributed by atoms with van der Waals surface area (Å²) in [5, 5.41) is -0.302. The second kappa shape index (κ2) is 5.51. The van der Waals surface area contributed by atoms with Crippen LogP contribution in [0.25, 0.3) is 0 Å². The molecule has 3 nitrogen and oxygen atoms in total. The average molecular weight is 325 g/mol. The van der Waals surface area contributed by atoms with Crippen LogP contribution in [0.15, 0.2) is 12.1 Å². The van der Waals surface area contributed by atoms with Crippen LogP contribution in [0.3, 0.4) is 0 Å². The number of hydrogen-bond acceptors (Lipinski definition) is 3. The van der Waals surface area contributed by atoms with E-state index in [0.29, 0.717) is 6.07 Å². The van der Waals surface area contributed by atoms with Gasteiger partial charge in [-0.2, -0.15) is 13.2 Å². The molecule has 0 bridgehead atoms. The molecule has 0 N–H and O–H groups in total. The van der Waals surface area contributed by atoms with Crippen molar-refractivity contribution in [3.05, 3.63) is 28.8 Å². The molecule has 0 saturated carbocycles. The SMILES string of the molecule is COc1cc(C=O)c(C(=O)CBr)c(C(F)(F)F)c1. The lowest BCUT2D eigenvalue weighted by molar-refractivity contribution is -0.138. The summed E-state index contributed by atoms with van der Waals surface area (Å²) in [4.78, 5) is 22.3. The number of ketones is 1. The summed E-state index contributed by atoms with van der Waals surface area (Å²) in [5.74, 6) is -0.942. The molecule has 1 rings (SSSR count). The van der Waals surface area contributed by atoms with Crippen molar-refractivity contribution >= 4 is 28.0 Å². The number of benzene rings is 1. The van der Waals surface area contributed by atoms with Gasteiger partial charge in [0.25, 0.3) is 0 Å². The zero-order chi connectivity index (χ0) is 13.9. The van der Waals surface area contributed by atoms with Gasteiger partial charge in [-0.3, -0.25) is 9.59 Å². The first-order chi connectivity index (χ1) is 8.35.